The molecule has 3 aromatic heterocycles. The van der Waals surface area contributed by atoms with Gasteiger partial charge >= 0.3 is 5.97 Å². The van der Waals surface area contributed by atoms with Crippen LogP contribution in [0.4, 0.5) is 11.4 Å². The van der Waals surface area contributed by atoms with Crippen LogP contribution in [0.25, 0.3) is 22.0 Å². The molecule has 1 N–H and O–H groups in total. The molecule has 0 aliphatic rings. The Morgan fingerprint density at radius 3 is 2.63 bits per heavy atom. The lowest BCUT2D eigenvalue weighted by Gasteiger charge is -2.17. The van der Waals surface area contributed by atoms with Crippen molar-refractivity contribution in [3.63, 3.8) is 0 Å². The van der Waals surface area contributed by atoms with E-state index in [-0.39, 0.29) is 17.9 Å². The summed E-state index contributed by atoms with van der Waals surface area (Å²) in [5.74, 6) is -0.626. The Morgan fingerprint density at radius 2 is 1.86 bits per heavy atom. The Balaban J connectivity index is 1.66. The molecule has 0 radical (unpaired) electrons. The quantitative estimate of drug-likeness (QED) is 0.302. The summed E-state index contributed by atoms with van der Waals surface area (Å²) in [5.41, 5.74) is 2.39. The van der Waals surface area contributed by atoms with Crippen molar-refractivity contribution in [1.82, 2.24) is 14.8 Å². The van der Waals surface area contributed by atoms with Crippen molar-refractivity contribution in [3.05, 3.63) is 105 Å². The summed E-state index contributed by atoms with van der Waals surface area (Å²) in [7, 11) is 0. The molecule has 7 nitrogen and oxygen atoms in total. The van der Waals surface area contributed by atoms with Crippen LogP contribution in [-0.2, 0) is 17.9 Å². The number of hydrogen-bond donors (Lipinski definition) is 1. The summed E-state index contributed by atoms with van der Waals surface area (Å²) in [5, 5.41) is 13.3. The van der Waals surface area contributed by atoms with Crippen molar-refractivity contribution >= 4 is 39.5 Å². The first-order valence-electron chi connectivity index (χ1n) is 11.1. The molecule has 0 saturated carbocycles. The standard InChI is InChI=1S/C27H22N4O3S/c1-2-31-26(32)25(29-22-15-28-14-19-10-6-7-11-21(19)22)23(24(30-31)20-12-13-35-17-20)27(33)34-16-18-8-4-3-5-9-18/h3-15,17,29H,2,16H2,1H3. The highest BCUT2D eigenvalue weighted by Crippen LogP contribution is 2.31. The number of ether oxygens (including phenoxy) is 1. The molecule has 0 aliphatic heterocycles. The zero-order chi connectivity index (χ0) is 24.2. The van der Waals surface area contributed by atoms with E-state index in [4.69, 9.17) is 4.74 Å². The molecule has 0 spiro atoms. The van der Waals surface area contributed by atoms with Crippen molar-refractivity contribution in [1.29, 1.82) is 0 Å². The summed E-state index contributed by atoms with van der Waals surface area (Å²) in [6, 6.07) is 19.0. The maximum Gasteiger partial charge on any atom is 0.343 e. The number of carbonyl (C=O) groups excluding carboxylic acids is 1. The molecular weight excluding hydrogens is 460 g/mol. The number of nitrogens with zero attached hydrogens (tertiary/aromatic N) is 3. The lowest BCUT2D eigenvalue weighted by atomic mass is 10.1. The van der Waals surface area contributed by atoms with E-state index < -0.39 is 11.5 Å². The van der Waals surface area contributed by atoms with E-state index in [2.05, 4.69) is 15.4 Å². The molecule has 5 rings (SSSR count). The van der Waals surface area contributed by atoms with Gasteiger partial charge in [0.25, 0.3) is 5.56 Å². The van der Waals surface area contributed by atoms with Gasteiger partial charge in [-0.05, 0) is 23.9 Å². The van der Waals surface area contributed by atoms with Gasteiger partial charge < -0.3 is 10.1 Å². The van der Waals surface area contributed by atoms with Gasteiger partial charge in [0, 0.05) is 34.5 Å². The molecular formula is C27H22N4O3S. The molecule has 0 aliphatic carbocycles. The lowest BCUT2D eigenvalue weighted by molar-refractivity contribution is 0.0474. The Kier molecular flexibility index (Phi) is 6.36. The van der Waals surface area contributed by atoms with Crippen LogP contribution in [0.2, 0.25) is 0 Å². The third-order valence-corrected chi connectivity index (χ3v) is 6.28. The van der Waals surface area contributed by atoms with Gasteiger partial charge in [-0.15, -0.1) is 0 Å². The van der Waals surface area contributed by atoms with Gasteiger partial charge in [0.1, 0.15) is 23.6 Å². The third kappa shape index (κ3) is 4.56. The molecule has 0 bridgehead atoms. The monoisotopic (exact) mass is 482 g/mol. The average Bonchev–Trinajstić information content (AvgIpc) is 3.44. The number of rotatable bonds is 7. The first-order chi connectivity index (χ1) is 17.2. The van der Waals surface area contributed by atoms with Crippen molar-refractivity contribution in [2.24, 2.45) is 0 Å². The van der Waals surface area contributed by atoms with Gasteiger partial charge in [0.15, 0.2) is 0 Å². The van der Waals surface area contributed by atoms with Crippen molar-refractivity contribution in [2.45, 2.75) is 20.1 Å². The molecule has 0 amide bonds. The van der Waals surface area contributed by atoms with Gasteiger partial charge in [-0.1, -0.05) is 54.6 Å². The number of esters is 1. The van der Waals surface area contributed by atoms with Crippen LogP contribution in [0, 0.1) is 0 Å². The number of hydrogen-bond acceptors (Lipinski definition) is 7. The fraction of sp³-hybridized carbons (Fsp3) is 0.111. The number of fused-ring (bicyclic) bond motifs is 1. The number of carbonyl (C=O) groups is 1. The van der Waals surface area contributed by atoms with E-state index in [1.165, 1.54) is 16.0 Å². The number of nitrogens with one attached hydrogen (secondary N) is 1. The second-order valence-electron chi connectivity index (χ2n) is 7.83. The molecule has 174 valence electrons. The summed E-state index contributed by atoms with van der Waals surface area (Å²) in [6.45, 7) is 2.26. The number of anilines is 2. The van der Waals surface area contributed by atoms with Gasteiger partial charge in [-0.25, -0.2) is 9.48 Å². The summed E-state index contributed by atoms with van der Waals surface area (Å²) in [4.78, 5) is 31.3. The molecule has 0 saturated heterocycles. The third-order valence-electron chi connectivity index (χ3n) is 5.59. The molecule has 5 aromatic rings. The van der Waals surface area contributed by atoms with E-state index in [9.17, 15) is 9.59 Å². The maximum absolute atomic E-state index is 13.5. The average molecular weight is 483 g/mol. The van der Waals surface area contributed by atoms with Gasteiger partial charge in [-0.2, -0.15) is 16.4 Å². The van der Waals surface area contributed by atoms with Crippen LogP contribution >= 0.6 is 11.3 Å². The van der Waals surface area contributed by atoms with Crippen LogP contribution < -0.4 is 10.9 Å². The van der Waals surface area contributed by atoms with Crippen LogP contribution in [-0.4, -0.2) is 20.7 Å². The predicted molar refractivity (Wildman–Crippen MR) is 138 cm³/mol. The van der Waals surface area contributed by atoms with Gasteiger partial charge in [-0.3, -0.25) is 9.78 Å². The molecule has 0 fully saturated rings. The molecule has 3 heterocycles. The number of pyridine rings is 1. The molecule has 0 atom stereocenters. The first kappa shape index (κ1) is 22.5. The zero-order valence-electron chi connectivity index (χ0n) is 19.0. The van der Waals surface area contributed by atoms with Crippen LogP contribution in [0.5, 0.6) is 0 Å². The first-order valence-corrected chi connectivity index (χ1v) is 12.1. The smallest absolute Gasteiger partial charge is 0.343 e. The van der Waals surface area contributed by atoms with Gasteiger partial charge in [0.2, 0.25) is 0 Å². The predicted octanol–water partition coefficient (Wildman–Crippen LogP) is 5.64. The molecule has 0 unspecified atom stereocenters. The maximum atomic E-state index is 13.5. The van der Waals surface area contributed by atoms with Crippen molar-refractivity contribution < 1.29 is 9.53 Å². The van der Waals surface area contributed by atoms with E-state index in [1.54, 1.807) is 12.4 Å². The molecule has 8 heteroatoms. The minimum absolute atomic E-state index is 0.0782. The van der Waals surface area contributed by atoms with Crippen molar-refractivity contribution in [2.75, 3.05) is 5.32 Å². The Hall–Kier alpha value is -4.30. The Bertz CT molecular complexity index is 1540. The van der Waals surface area contributed by atoms with E-state index >= 15 is 0 Å². The Labute approximate surface area is 205 Å². The number of aromatic nitrogens is 3. The fourth-order valence-electron chi connectivity index (χ4n) is 3.85. The van der Waals surface area contributed by atoms with Crippen LogP contribution in [0.3, 0.4) is 0 Å². The number of aryl methyl sites for hydroxylation is 1. The topological polar surface area (TPSA) is 86.1 Å². The second kappa shape index (κ2) is 9.90. The van der Waals surface area contributed by atoms with E-state index in [0.29, 0.717) is 17.9 Å². The Morgan fingerprint density at radius 1 is 1.06 bits per heavy atom. The molecule has 2 aromatic carbocycles. The largest absolute Gasteiger partial charge is 0.457 e. The second-order valence-corrected chi connectivity index (χ2v) is 8.61. The minimum Gasteiger partial charge on any atom is -0.457 e. The SMILES string of the molecule is CCn1nc(-c2ccsc2)c(C(=O)OCc2ccccc2)c(Nc2cncc3ccccc23)c1=O. The molecule has 35 heavy (non-hydrogen) atoms. The summed E-state index contributed by atoms with van der Waals surface area (Å²) in [6.07, 6.45) is 3.39. The normalized spacial score (nSPS) is 10.9. The highest BCUT2D eigenvalue weighted by molar-refractivity contribution is 7.08. The van der Waals surface area contributed by atoms with Crippen molar-refractivity contribution in [3.8, 4) is 11.3 Å². The van der Waals surface area contributed by atoms with E-state index in [0.717, 1.165) is 21.9 Å². The fourth-order valence-corrected chi connectivity index (χ4v) is 4.49. The number of benzene rings is 2. The number of thiophene rings is 1. The highest BCUT2D eigenvalue weighted by Gasteiger charge is 2.26. The highest BCUT2D eigenvalue weighted by atomic mass is 32.1. The van der Waals surface area contributed by atoms with Crippen LogP contribution in [0.15, 0.2) is 88.6 Å². The van der Waals surface area contributed by atoms with Gasteiger partial charge in [0.05, 0.1) is 11.9 Å². The summed E-state index contributed by atoms with van der Waals surface area (Å²) < 4.78 is 7.02. The summed E-state index contributed by atoms with van der Waals surface area (Å²) >= 11 is 1.48. The lowest BCUT2D eigenvalue weighted by Crippen LogP contribution is -2.29. The minimum atomic E-state index is -0.626. The van der Waals surface area contributed by atoms with E-state index in [1.807, 2.05) is 78.3 Å². The van der Waals surface area contributed by atoms with Crippen LogP contribution in [0.1, 0.15) is 22.8 Å². The zero-order valence-corrected chi connectivity index (χ0v) is 19.8.